The number of nitrogens with zero attached hydrogens (tertiary/aromatic N) is 1. The Morgan fingerprint density at radius 3 is 2.46 bits per heavy atom. The largest absolute Gasteiger partial charge is 0.465 e. The van der Waals surface area contributed by atoms with Crippen molar-refractivity contribution >= 4 is 51.8 Å². The smallest absolute Gasteiger partial charge is 0.337 e. The second-order valence-corrected chi connectivity index (χ2v) is 7.14. The summed E-state index contributed by atoms with van der Waals surface area (Å²) in [6.45, 7) is 1.48. The fraction of sp³-hybridized carbons (Fsp3) is 0.412. The molecule has 26 heavy (non-hydrogen) atoms. The Kier molecular flexibility index (Phi) is 7.86. The number of likely N-dealkylation sites (tertiary alicyclic amines) is 1. The van der Waals surface area contributed by atoms with Gasteiger partial charge in [0.25, 0.3) is 5.91 Å². The van der Waals surface area contributed by atoms with Crippen molar-refractivity contribution in [2.45, 2.75) is 12.8 Å². The fourth-order valence-electron chi connectivity index (χ4n) is 2.30. The molecule has 9 heteroatoms. The lowest BCUT2D eigenvalue weighted by Gasteiger charge is -2.17. The van der Waals surface area contributed by atoms with Crippen molar-refractivity contribution in [3.63, 3.8) is 0 Å². The first-order valence-corrected chi connectivity index (χ1v) is 9.44. The van der Waals surface area contributed by atoms with E-state index in [2.05, 4.69) is 15.0 Å². The van der Waals surface area contributed by atoms with Crippen molar-refractivity contribution in [3.05, 3.63) is 29.8 Å². The highest BCUT2D eigenvalue weighted by molar-refractivity contribution is 8.23. The van der Waals surface area contributed by atoms with Crippen LogP contribution in [0.2, 0.25) is 0 Å². The minimum absolute atomic E-state index is 0.0798. The number of thioether (sulfide) groups is 1. The third-order valence-electron chi connectivity index (χ3n) is 3.63. The maximum Gasteiger partial charge on any atom is 0.337 e. The Labute approximate surface area is 161 Å². The first-order valence-electron chi connectivity index (χ1n) is 8.05. The second-order valence-electron chi connectivity index (χ2n) is 5.53. The van der Waals surface area contributed by atoms with Crippen LogP contribution in [-0.2, 0) is 19.1 Å². The molecule has 0 saturated carbocycles. The van der Waals surface area contributed by atoms with E-state index in [9.17, 15) is 14.4 Å². The van der Waals surface area contributed by atoms with Gasteiger partial charge in [0.05, 0.1) is 18.4 Å². The zero-order chi connectivity index (χ0) is 18.9. The van der Waals surface area contributed by atoms with E-state index in [1.54, 1.807) is 12.1 Å². The number of benzene rings is 1. The van der Waals surface area contributed by atoms with E-state index in [1.807, 2.05) is 0 Å². The zero-order valence-corrected chi connectivity index (χ0v) is 16.0. The number of rotatable bonds is 6. The number of carbonyl (C=O) groups excluding carboxylic acids is 3. The third-order valence-corrected chi connectivity index (χ3v) is 5.13. The molecule has 1 aromatic rings. The highest BCUT2D eigenvalue weighted by atomic mass is 32.2. The van der Waals surface area contributed by atoms with Crippen LogP contribution in [0.5, 0.6) is 0 Å². The predicted molar refractivity (Wildman–Crippen MR) is 103 cm³/mol. The van der Waals surface area contributed by atoms with E-state index in [0.29, 0.717) is 15.6 Å². The van der Waals surface area contributed by atoms with Crippen molar-refractivity contribution < 1.29 is 23.9 Å². The van der Waals surface area contributed by atoms with Crippen LogP contribution in [0.1, 0.15) is 23.2 Å². The molecular weight excluding hydrogens is 376 g/mol. The summed E-state index contributed by atoms with van der Waals surface area (Å²) in [5, 5.41) is 2.58. The van der Waals surface area contributed by atoms with E-state index in [4.69, 9.17) is 17.0 Å². The number of esters is 2. The van der Waals surface area contributed by atoms with Crippen LogP contribution in [0.4, 0.5) is 5.69 Å². The summed E-state index contributed by atoms with van der Waals surface area (Å²) in [5.41, 5.74) is 0.867. The Morgan fingerprint density at radius 2 is 1.85 bits per heavy atom. The summed E-state index contributed by atoms with van der Waals surface area (Å²) < 4.78 is 10.2. The molecule has 1 aliphatic heterocycles. The van der Waals surface area contributed by atoms with Crippen LogP contribution >= 0.6 is 24.0 Å². The molecular formula is C17H20N2O5S2. The van der Waals surface area contributed by atoms with E-state index in [1.165, 1.54) is 31.0 Å². The molecule has 1 saturated heterocycles. The molecule has 0 atom stereocenters. The van der Waals surface area contributed by atoms with E-state index < -0.39 is 17.8 Å². The Morgan fingerprint density at radius 1 is 1.19 bits per heavy atom. The van der Waals surface area contributed by atoms with Crippen molar-refractivity contribution in [1.29, 1.82) is 0 Å². The van der Waals surface area contributed by atoms with Gasteiger partial charge in [-0.05, 0) is 37.1 Å². The Balaban J connectivity index is 1.68. The lowest BCUT2D eigenvalue weighted by atomic mass is 10.2. The number of thiocarbonyl (C=S) groups is 1. The van der Waals surface area contributed by atoms with Gasteiger partial charge in [-0.25, -0.2) is 4.79 Å². The standard InChI is InChI=1S/C17H20N2O5S2/c1-23-16(22)12-4-6-13(7-5-12)18-14(20)10-24-15(21)11-26-17(25)19-8-2-3-9-19/h4-7H,2-3,8-11H2,1H3,(H,18,20). The monoisotopic (exact) mass is 396 g/mol. The van der Waals surface area contributed by atoms with E-state index in [-0.39, 0.29) is 12.4 Å². The number of ether oxygens (including phenoxy) is 2. The van der Waals surface area contributed by atoms with Crippen LogP contribution < -0.4 is 5.32 Å². The van der Waals surface area contributed by atoms with Gasteiger partial charge >= 0.3 is 11.9 Å². The van der Waals surface area contributed by atoms with Gasteiger partial charge in [-0.1, -0.05) is 24.0 Å². The topological polar surface area (TPSA) is 84.9 Å². The summed E-state index contributed by atoms with van der Waals surface area (Å²) >= 11 is 6.51. The average Bonchev–Trinajstić information content (AvgIpc) is 3.19. The number of methoxy groups -OCH3 is 1. The molecule has 1 aliphatic rings. The molecule has 2 rings (SSSR count). The number of nitrogens with one attached hydrogen (secondary N) is 1. The first-order chi connectivity index (χ1) is 12.5. The van der Waals surface area contributed by atoms with E-state index in [0.717, 1.165) is 25.9 Å². The second kappa shape index (κ2) is 10.1. The van der Waals surface area contributed by atoms with Crippen LogP contribution in [0.15, 0.2) is 24.3 Å². The quantitative estimate of drug-likeness (QED) is 0.578. The Bertz CT molecular complexity index is 672. The lowest BCUT2D eigenvalue weighted by molar-refractivity contribution is -0.144. The molecule has 0 radical (unpaired) electrons. The van der Waals surface area contributed by atoms with Gasteiger partial charge in [-0.15, -0.1) is 0 Å². The molecule has 0 spiro atoms. The number of anilines is 1. The first kappa shape index (κ1) is 20.2. The average molecular weight is 396 g/mol. The highest BCUT2D eigenvalue weighted by Gasteiger charge is 2.17. The molecule has 7 nitrogen and oxygen atoms in total. The zero-order valence-electron chi connectivity index (χ0n) is 14.4. The molecule has 1 aromatic carbocycles. The third kappa shape index (κ3) is 6.30. The van der Waals surface area contributed by atoms with Crippen molar-refractivity contribution in [2.75, 3.05) is 37.9 Å². The van der Waals surface area contributed by atoms with Gasteiger partial charge < -0.3 is 19.7 Å². The van der Waals surface area contributed by atoms with Crippen molar-refractivity contribution in [1.82, 2.24) is 4.90 Å². The summed E-state index contributed by atoms with van der Waals surface area (Å²) in [6.07, 6.45) is 2.23. The molecule has 1 N–H and O–H groups in total. The summed E-state index contributed by atoms with van der Waals surface area (Å²) in [6, 6.07) is 6.19. The van der Waals surface area contributed by atoms with Crippen LogP contribution in [0, 0.1) is 0 Å². The van der Waals surface area contributed by atoms with E-state index >= 15 is 0 Å². The maximum atomic E-state index is 11.8. The van der Waals surface area contributed by atoms with Gasteiger partial charge in [-0.2, -0.15) is 0 Å². The van der Waals surface area contributed by atoms with Gasteiger partial charge in [0, 0.05) is 18.8 Å². The van der Waals surface area contributed by atoms with Gasteiger partial charge in [-0.3, -0.25) is 9.59 Å². The summed E-state index contributed by atoms with van der Waals surface area (Å²) in [5.74, 6) is -1.33. The van der Waals surface area contributed by atoms with Crippen LogP contribution in [0.25, 0.3) is 0 Å². The van der Waals surface area contributed by atoms with Crippen molar-refractivity contribution in [3.8, 4) is 0 Å². The Hall–Kier alpha value is -2.13. The molecule has 0 bridgehead atoms. The highest BCUT2D eigenvalue weighted by Crippen LogP contribution is 2.16. The summed E-state index contributed by atoms with van der Waals surface area (Å²) in [7, 11) is 1.29. The SMILES string of the molecule is COC(=O)c1ccc(NC(=O)COC(=O)CSC(=S)N2CCCC2)cc1. The fourth-order valence-corrected chi connectivity index (χ4v) is 3.35. The molecule has 0 unspecified atom stereocenters. The minimum atomic E-state index is -0.493. The van der Waals surface area contributed by atoms with Crippen LogP contribution in [-0.4, -0.2) is 59.6 Å². The number of hydrogen-bond donors (Lipinski definition) is 1. The molecule has 1 amide bonds. The van der Waals surface area contributed by atoms with Crippen molar-refractivity contribution in [2.24, 2.45) is 0 Å². The number of amides is 1. The molecule has 0 aliphatic carbocycles. The van der Waals surface area contributed by atoms with Gasteiger partial charge in [0.15, 0.2) is 6.61 Å². The van der Waals surface area contributed by atoms with Gasteiger partial charge in [0.1, 0.15) is 4.32 Å². The molecule has 1 heterocycles. The molecule has 1 fully saturated rings. The lowest BCUT2D eigenvalue weighted by Crippen LogP contribution is -2.25. The number of carbonyl (C=O) groups is 3. The predicted octanol–water partition coefficient (Wildman–Crippen LogP) is 2.07. The van der Waals surface area contributed by atoms with Gasteiger partial charge in [0.2, 0.25) is 0 Å². The maximum absolute atomic E-state index is 11.8. The van der Waals surface area contributed by atoms with Crippen LogP contribution in [0.3, 0.4) is 0 Å². The molecule has 0 aromatic heterocycles. The minimum Gasteiger partial charge on any atom is -0.465 e. The summed E-state index contributed by atoms with van der Waals surface area (Å²) in [4.78, 5) is 36.9. The molecule has 140 valence electrons. The normalized spacial score (nSPS) is 13.2. The number of hydrogen-bond acceptors (Lipinski definition) is 7.